The number of pyridine rings is 1. The molecule has 2 N–H and O–H groups in total. The van der Waals surface area contributed by atoms with Crippen LogP contribution in [0.1, 0.15) is 45.6 Å². The third-order valence-corrected chi connectivity index (χ3v) is 7.81. The molecule has 1 aromatic heterocycles. The Bertz CT molecular complexity index is 1180. The lowest BCUT2D eigenvalue weighted by Gasteiger charge is -2.38. The van der Waals surface area contributed by atoms with Gasteiger partial charge in [0.05, 0.1) is 0 Å². The molecule has 9 nitrogen and oxygen atoms in total. The van der Waals surface area contributed by atoms with E-state index in [1.165, 1.54) is 5.56 Å². The molecule has 0 saturated carbocycles. The molecule has 0 radical (unpaired) electrons. The van der Waals surface area contributed by atoms with Gasteiger partial charge in [0.1, 0.15) is 11.4 Å². The number of urea groups is 1. The number of piperazine rings is 1. The van der Waals surface area contributed by atoms with E-state index in [4.69, 9.17) is 9.72 Å². The van der Waals surface area contributed by atoms with Crippen molar-refractivity contribution in [3.8, 4) is 0 Å². The second-order valence-electron chi connectivity index (χ2n) is 9.99. The highest BCUT2D eigenvalue weighted by atomic mass is 16.5. The summed E-state index contributed by atoms with van der Waals surface area (Å²) in [5, 5.41) is 5.29. The Morgan fingerprint density at radius 2 is 1.67 bits per heavy atom. The van der Waals surface area contributed by atoms with Crippen LogP contribution in [-0.2, 0) is 15.1 Å². The first-order chi connectivity index (χ1) is 17.3. The van der Waals surface area contributed by atoms with Gasteiger partial charge < -0.3 is 19.9 Å². The number of amides is 4. The summed E-state index contributed by atoms with van der Waals surface area (Å²) in [6.07, 6.45) is 1.35. The number of hydrogen-bond donors (Lipinski definition) is 2. The Morgan fingerprint density at radius 1 is 1.00 bits per heavy atom. The number of rotatable bonds is 4. The first kappa shape index (κ1) is 24.2. The van der Waals surface area contributed by atoms with Gasteiger partial charge in [0, 0.05) is 50.7 Å². The Kier molecular flexibility index (Phi) is 6.42. The second-order valence-corrected chi connectivity index (χ2v) is 9.99. The summed E-state index contributed by atoms with van der Waals surface area (Å²) in [4.78, 5) is 47.2. The maximum absolute atomic E-state index is 13.3. The van der Waals surface area contributed by atoms with Crippen molar-refractivity contribution in [2.45, 2.75) is 39.2 Å². The number of carbonyl (C=O) groups is 3. The van der Waals surface area contributed by atoms with Crippen molar-refractivity contribution in [3.63, 3.8) is 0 Å². The van der Waals surface area contributed by atoms with Gasteiger partial charge in [-0.25, -0.2) is 9.78 Å². The van der Waals surface area contributed by atoms with Crippen LogP contribution in [0.25, 0.3) is 0 Å². The third-order valence-electron chi connectivity index (χ3n) is 7.81. The van der Waals surface area contributed by atoms with Crippen molar-refractivity contribution in [1.29, 1.82) is 0 Å². The van der Waals surface area contributed by atoms with E-state index in [1.54, 1.807) is 24.3 Å². The lowest BCUT2D eigenvalue weighted by molar-refractivity contribution is -0.127. The molecule has 5 rings (SSSR count). The maximum Gasteiger partial charge on any atom is 0.322 e. The lowest BCUT2D eigenvalue weighted by atomic mass is 9.74. The number of carbonyl (C=O) groups excluding carboxylic acids is 3. The number of hydrogen-bond acceptors (Lipinski definition) is 6. The minimum atomic E-state index is -1.13. The van der Waals surface area contributed by atoms with E-state index in [0.29, 0.717) is 50.3 Å². The average Bonchev–Trinajstić information content (AvgIpc) is 3.21. The standard InChI is InChI=1S/C27H33N5O4/c1-17-16-18(2)23(28-19(17)3)31-10-12-32(13-11-31)24(33)20-4-6-21(7-5-20)27(22-8-14-36-15-9-22)25(34)29-26(35)30-27/h4-7,16,22H,8-15H2,1-3H3,(H2,29,30,34,35). The minimum Gasteiger partial charge on any atom is -0.381 e. The van der Waals surface area contributed by atoms with Crippen LogP contribution in [0, 0.1) is 26.7 Å². The van der Waals surface area contributed by atoms with Crippen LogP contribution in [0.15, 0.2) is 30.3 Å². The largest absolute Gasteiger partial charge is 0.381 e. The van der Waals surface area contributed by atoms with Crippen LogP contribution >= 0.6 is 0 Å². The van der Waals surface area contributed by atoms with Crippen LogP contribution in [0.5, 0.6) is 0 Å². The molecule has 9 heteroatoms. The predicted octanol–water partition coefficient (Wildman–Crippen LogP) is 2.43. The molecule has 1 aromatic carbocycles. The minimum absolute atomic E-state index is 0.0361. The van der Waals surface area contributed by atoms with Crippen molar-refractivity contribution in [2.24, 2.45) is 5.92 Å². The fourth-order valence-corrected chi connectivity index (χ4v) is 5.65. The Labute approximate surface area is 211 Å². The monoisotopic (exact) mass is 491 g/mol. The molecular formula is C27H33N5O4. The smallest absolute Gasteiger partial charge is 0.322 e. The molecule has 0 aliphatic carbocycles. The van der Waals surface area contributed by atoms with E-state index >= 15 is 0 Å². The summed E-state index contributed by atoms with van der Waals surface area (Å²) < 4.78 is 5.47. The van der Waals surface area contributed by atoms with Crippen molar-refractivity contribution >= 4 is 23.7 Å². The van der Waals surface area contributed by atoms with Crippen molar-refractivity contribution in [1.82, 2.24) is 20.5 Å². The summed E-state index contributed by atoms with van der Waals surface area (Å²) in [6, 6.07) is 8.80. The van der Waals surface area contributed by atoms with E-state index in [1.807, 2.05) is 11.8 Å². The number of nitrogens with one attached hydrogen (secondary N) is 2. The molecule has 3 saturated heterocycles. The van der Waals surface area contributed by atoms with Crippen LogP contribution in [-0.4, -0.2) is 67.1 Å². The Morgan fingerprint density at radius 3 is 2.28 bits per heavy atom. The van der Waals surface area contributed by atoms with E-state index in [2.05, 4.69) is 35.4 Å². The molecule has 0 bridgehead atoms. The van der Waals surface area contributed by atoms with E-state index < -0.39 is 11.6 Å². The lowest BCUT2D eigenvalue weighted by Crippen LogP contribution is -2.51. The zero-order valence-electron chi connectivity index (χ0n) is 21.1. The fraction of sp³-hybridized carbons (Fsp3) is 0.481. The van der Waals surface area contributed by atoms with Gasteiger partial charge in [0.25, 0.3) is 11.8 Å². The first-order valence-electron chi connectivity index (χ1n) is 12.6. The third kappa shape index (κ3) is 4.21. The van der Waals surface area contributed by atoms with Crippen LogP contribution in [0.4, 0.5) is 10.6 Å². The first-order valence-corrected chi connectivity index (χ1v) is 12.6. The van der Waals surface area contributed by atoms with Crippen molar-refractivity contribution < 1.29 is 19.1 Å². The normalized spacial score (nSPS) is 23.0. The number of benzene rings is 1. The quantitative estimate of drug-likeness (QED) is 0.637. The van der Waals surface area contributed by atoms with Gasteiger partial charge in [-0.2, -0.15) is 0 Å². The molecule has 4 heterocycles. The number of nitrogens with zero attached hydrogens (tertiary/aromatic N) is 3. The van der Waals surface area contributed by atoms with Crippen LogP contribution in [0.2, 0.25) is 0 Å². The highest BCUT2D eigenvalue weighted by Gasteiger charge is 2.53. The molecule has 190 valence electrons. The zero-order valence-corrected chi connectivity index (χ0v) is 21.1. The molecule has 3 aliphatic heterocycles. The number of ether oxygens (including phenoxy) is 1. The van der Waals surface area contributed by atoms with Gasteiger partial charge in [0.2, 0.25) is 0 Å². The molecule has 0 spiro atoms. The molecule has 1 atom stereocenters. The summed E-state index contributed by atoms with van der Waals surface area (Å²) >= 11 is 0. The van der Waals surface area contributed by atoms with Crippen molar-refractivity contribution in [2.75, 3.05) is 44.3 Å². The Hall–Kier alpha value is -3.46. The van der Waals surface area contributed by atoms with E-state index in [0.717, 1.165) is 30.2 Å². The summed E-state index contributed by atoms with van der Waals surface area (Å²) in [5.41, 5.74) is 3.48. The summed E-state index contributed by atoms with van der Waals surface area (Å²) in [6.45, 7) is 9.93. The number of anilines is 1. The van der Waals surface area contributed by atoms with E-state index in [9.17, 15) is 14.4 Å². The Balaban J connectivity index is 1.30. The fourth-order valence-electron chi connectivity index (χ4n) is 5.65. The van der Waals surface area contributed by atoms with Gasteiger partial charge in [-0.15, -0.1) is 0 Å². The highest BCUT2D eigenvalue weighted by Crippen LogP contribution is 2.38. The molecule has 3 aliphatic rings. The highest BCUT2D eigenvalue weighted by molar-refractivity contribution is 6.07. The SMILES string of the molecule is Cc1cc(C)c(N2CCN(C(=O)c3ccc(C4(C5CCOCC5)NC(=O)NC4=O)cc3)CC2)nc1C. The topological polar surface area (TPSA) is 104 Å². The number of imide groups is 1. The summed E-state index contributed by atoms with van der Waals surface area (Å²) in [5.74, 6) is 0.537. The van der Waals surface area contributed by atoms with Gasteiger partial charge in [0.15, 0.2) is 0 Å². The molecule has 2 aromatic rings. The van der Waals surface area contributed by atoms with Gasteiger partial charge >= 0.3 is 6.03 Å². The van der Waals surface area contributed by atoms with Crippen molar-refractivity contribution in [3.05, 3.63) is 58.3 Å². The van der Waals surface area contributed by atoms with Crippen LogP contribution in [0.3, 0.4) is 0 Å². The average molecular weight is 492 g/mol. The predicted molar refractivity (Wildman–Crippen MR) is 135 cm³/mol. The number of aromatic nitrogens is 1. The number of aryl methyl sites for hydroxylation is 3. The molecule has 3 fully saturated rings. The maximum atomic E-state index is 13.3. The molecule has 36 heavy (non-hydrogen) atoms. The summed E-state index contributed by atoms with van der Waals surface area (Å²) in [7, 11) is 0. The zero-order chi connectivity index (χ0) is 25.4. The van der Waals surface area contributed by atoms with Gasteiger partial charge in [-0.05, 0) is 68.4 Å². The molecule has 1 unspecified atom stereocenters. The van der Waals surface area contributed by atoms with Crippen LogP contribution < -0.4 is 15.5 Å². The molecule has 4 amide bonds. The van der Waals surface area contributed by atoms with Gasteiger partial charge in [-0.3, -0.25) is 14.9 Å². The molecular weight excluding hydrogens is 458 g/mol. The second kappa shape index (κ2) is 9.54. The van der Waals surface area contributed by atoms with E-state index in [-0.39, 0.29) is 17.7 Å². The van der Waals surface area contributed by atoms with Gasteiger partial charge in [-0.1, -0.05) is 18.2 Å².